The van der Waals surface area contributed by atoms with Gasteiger partial charge in [-0.25, -0.2) is 9.97 Å². The summed E-state index contributed by atoms with van der Waals surface area (Å²) in [6.07, 6.45) is 4.78. The van der Waals surface area contributed by atoms with Gasteiger partial charge in [0.05, 0.1) is 6.61 Å². The summed E-state index contributed by atoms with van der Waals surface area (Å²) in [7, 11) is 0. The molecule has 0 aliphatic heterocycles. The summed E-state index contributed by atoms with van der Waals surface area (Å²) in [6, 6.07) is 2.26. The van der Waals surface area contributed by atoms with E-state index in [2.05, 4.69) is 36.1 Å². The number of nitrogens with zero attached hydrogens (tertiary/aromatic N) is 2. The summed E-state index contributed by atoms with van der Waals surface area (Å²) in [5.41, 5.74) is 0. The number of aromatic nitrogens is 2. The Labute approximate surface area is 97.5 Å². The molecule has 4 heteroatoms. The van der Waals surface area contributed by atoms with Crippen molar-refractivity contribution in [1.29, 1.82) is 0 Å². The average Bonchev–Trinajstić information content (AvgIpc) is 2.30. The van der Waals surface area contributed by atoms with Crippen molar-refractivity contribution in [3.63, 3.8) is 0 Å². The minimum absolute atomic E-state index is 0.415. The van der Waals surface area contributed by atoms with Crippen molar-refractivity contribution in [3.05, 3.63) is 12.4 Å². The SMILES string of the molecule is CCCCOc1cc(NC(C)CC)ncn1. The Morgan fingerprint density at radius 3 is 2.88 bits per heavy atom. The Morgan fingerprint density at radius 2 is 2.19 bits per heavy atom. The van der Waals surface area contributed by atoms with Crippen LogP contribution in [0, 0.1) is 0 Å². The molecule has 1 atom stereocenters. The topological polar surface area (TPSA) is 47.0 Å². The molecule has 0 spiro atoms. The highest BCUT2D eigenvalue weighted by Gasteiger charge is 2.02. The Bertz CT molecular complexity index is 304. The summed E-state index contributed by atoms with van der Waals surface area (Å²) in [4.78, 5) is 8.22. The molecule has 1 unspecified atom stereocenters. The van der Waals surface area contributed by atoms with Gasteiger partial charge in [0.2, 0.25) is 5.88 Å². The summed E-state index contributed by atoms with van der Waals surface area (Å²) in [5.74, 6) is 1.48. The van der Waals surface area contributed by atoms with Crippen molar-refractivity contribution >= 4 is 5.82 Å². The highest BCUT2D eigenvalue weighted by atomic mass is 16.5. The largest absolute Gasteiger partial charge is 0.478 e. The zero-order chi connectivity index (χ0) is 11.8. The third kappa shape index (κ3) is 4.47. The predicted molar refractivity (Wildman–Crippen MR) is 65.8 cm³/mol. The maximum atomic E-state index is 5.51. The van der Waals surface area contributed by atoms with Crippen LogP contribution >= 0.6 is 0 Å². The monoisotopic (exact) mass is 223 g/mol. The quantitative estimate of drug-likeness (QED) is 0.722. The molecule has 0 bridgehead atoms. The number of unbranched alkanes of at least 4 members (excludes halogenated alkanes) is 1. The van der Waals surface area contributed by atoms with E-state index < -0.39 is 0 Å². The molecular weight excluding hydrogens is 202 g/mol. The van der Waals surface area contributed by atoms with E-state index >= 15 is 0 Å². The average molecular weight is 223 g/mol. The number of nitrogens with one attached hydrogen (secondary N) is 1. The van der Waals surface area contributed by atoms with Crippen molar-refractivity contribution in [2.75, 3.05) is 11.9 Å². The number of hydrogen-bond acceptors (Lipinski definition) is 4. The lowest BCUT2D eigenvalue weighted by Crippen LogP contribution is -2.14. The van der Waals surface area contributed by atoms with Crippen LogP contribution in [0.1, 0.15) is 40.0 Å². The van der Waals surface area contributed by atoms with Gasteiger partial charge >= 0.3 is 0 Å². The van der Waals surface area contributed by atoms with Gasteiger partial charge in [-0.15, -0.1) is 0 Å². The summed E-state index contributed by atoms with van der Waals surface area (Å²) >= 11 is 0. The van der Waals surface area contributed by atoms with E-state index in [1.807, 2.05) is 6.07 Å². The molecular formula is C12H21N3O. The van der Waals surface area contributed by atoms with Crippen LogP contribution in [-0.4, -0.2) is 22.6 Å². The first kappa shape index (κ1) is 12.7. The van der Waals surface area contributed by atoms with Gasteiger partial charge in [0.25, 0.3) is 0 Å². The molecule has 0 aliphatic carbocycles. The van der Waals surface area contributed by atoms with Gasteiger partial charge in [-0.2, -0.15) is 0 Å². The number of anilines is 1. The lowest BCUT2D eigenvalue weighted by molar-refractivity contribution is 0.297. The molecule has 1 aromatic heterocycles. The summed E-state index contributed by atoms with van der Waals surface area (Å²) in [5, 5.41) is 3.29. The van der Waals surface area contributed by atoms with Gasteiger partial charge in [0.1, 0.15) is 12.1 Å². The number of ether oxygens (including phenoxy) is 1. The predicted octanol–water partition coefficient (Wildman–Crippen LogP) is 2.87. The molecule has 16 heavy (non-hydrogen) atoms. The van der Waals surface area contributed by atoms with Crippen molar-refractivity contribution in [2.45, 2.75) is 46.1 Å². The third-order valence-corrected chi connectivity index (χ3v) is 2.40. The fraction of sp³-hybridized carbons (Fsp3) is 0.667. The molecule has 0 saturated carbocycles. The van der Waals surface area contributed by atoms with Gasteiger partial charge in [-0.3, -0.25) is 0 Å². The molecule has 0 amide bonds. The standard InChI is InChI=1S/C12H21N3O/c1-4-6-7-16-12-8-11(13-9-14-12)15-10(3)5-2/h8-10H,4-7H2,1-3H3,(H,13,14,15). The van der Waals surface area contributed by atoms with Crippen LogP contribution in [0.3, 0.4) is 0 Å². The molecule has 0 saturated heterocycles. The molecule has 0 fully saturated rings. The lowest BCUT2D eigenvalue weighted by atomic mass is 10.2. The molecule has 0 aliphatic rings. The lowest BCUT2D eigenvalue weighted by Gasteiger charge is -2.12. The zero-order valence-corrected chi connectivity index (χ0v) is 10.4. The maximum Gasteiger partial charge on any atom is 0.218 e. The minimum atomic E-state index is 0.415. The van der Waals surface area contributed by atoms with E-state index in [0.717, 1.165) is 31.7 Å². The van der Waals surface area contributed by atoms with Crippen LogP contribution in [0.25, 0.3) is 0 Å². The first-order chi connectivity index (χ1) is 7.76. The smallest absolute Gasteiger partial charge is 0.218 e. The second kappa shape index (κ2) is 7.04. The fourth-order valence-electron chi connectivity index (χ4n) is 1.17. The fourth-order valence-corrected chi connectivity index (χ4v) is 1.17. The first-order valence-corrected chi connectivity index (χ1v) is 5.97. The van der Waals surface area contributed by atoms with E-state index in [-0.39, 0.29) is 0 Å². The molecule has 1 rings (SSSR count). The van der Waals surface area contributed by atoms with Crippen molar-refractivity contribution in [3.8, 4) is 5.88 Å². The van der Waals surface area contributed by atoms with Gasteiger partial charge in [0, 0.05) is 12.1 Å². The van der Waals surface area contributed by atoms with E-state index in [1.165, 1.54) is 6.33 Å². The van der Waals surface area contributed by atoms with Gasteiger partial charge in [-0.1, -0.05) is 20.3 Å². The second-order valence-electron chi connectivity index (χ2n) is 3.90. The van der Waals surface area contributed by atoms with E-state index in [9.17, 15) is 0 Å². The zero-order valence-electron chi connectivity index (χ0n) is 10.4. The molecule has 90 valence electrons. The Morgan fingerprint density at radius 1 is 1.38 bits per heavy atom. The van der Waals surface area contributed by atoms with Crippen molar-refractivity contribution in [2.24, 2.45) is 0 Å². The third-order valence-electron chi connectivity index (χ3n) is 2.40. The Hall–Kier alpha value is -1.32. The maximum absolute atomic E-state index is 5.51. The number of rotatable bonds is 7. The summed E-state index contributed by atoms with van der Waals surface area (Å²) < 4.78 is 5.51. The van der Waals surface area contributed by atoms with Gasteiger partial charge in [0.15, 0.2) is 0 Å². The van der Waals surface area contributed by atoms with Crippen LogP contribution in [0.4, 0.5) is 5.82 Å². The van der Waals surface area contributed by atoms with Gasteiger partial charge < -0.3 is 10.1 Å². The number of hydrogen-bond donors (Lipinski definition) is 1. The molecule has 1 heterocycles. The highest BCUT2D eigenvalue weighted by Crippen LogP contribution is 2.12. The summed E-state index contributed by atoms with van der Waals surface area (Å²) in [6.45, 7) is 7.12. The van der Waals surface area contributed by atoms with Crippen LogP contribution in [-0.2, 0) is 0 Å². The van der Waals surface area contributed by atoms with E-state index in [1.54, 1.807) is 0 Å². The molecule has 0 radical (unpaired) electrons. The van der Waals surface area contributed by atoms with Crippen molar-refractivity contribution in [1.82, 2.24) is 9.97 Å². The normalized spacial score (nSPS) is 12.2. The van der Waals surface area contributed by atoms with Crippen LogP contribution in [0.5, 0.6) is 5.88 Å². The van der Waals surface area contributed by atoms with Crippen molar-refractivity contribution < 1.29 is 4.74 Å². The molecule has 1 aromatic rings. The van der Waals surface area contributed by atoms with Crippen LogP contribution in [0.15, 0.2) is 12.4 Å². The van der Waals surface area contributed by atoms with E-state index in [0.29, 0.717) is 11.9 Å². The first-order valence-electron chi connectivity index (χ1n) is 5.97. The Kier molecular flexibility index (Phi) is 5.61. The minimum Gasteiger partial charge on any atom is -0.478 e. The van der Waals surface area contributed by atoms with Crippen LogP contribution < -0.4 is 10.1 Å². The molecule has 1 N–H and O–H groups in total. The van der Waals surface area contributed by atoms with Crippen LogP contribution in [0.2, 0.25) is 0 Å². The molecule has 4 nitrogen and oxygen atoms in total. The van der Waals surface area contributed by atoms with E-state index in [4.69, 9.17) is 4.74 Å². The second-order valence-corrected chi connectivity index (χ2v) is 3.90. The highest BCUT2D eigenvalue weighted by molar-refractivity contribution is 5.37. The van der Waals surface area contributed by atoms with Gasteiger partial charge in [-0.05, 0) is 19.8 Å². The Balaban J connectivity index is 2.50. The molecule has 0 aromatic carbocycles.